The van der Waals surface area contributed by atoms with Gasteiger partial charge < -0.3 is 10.2 Å². The zero-order valence-corrected chi connectivity index (χ0v) is 15.3. The Balaban J connectivity index is 0.00000288. The Hall–Kier alpha value is -1.20. The van der Waals surface area contributed by atoms with Crippen LogP contribution in [-0.2, 0) is 4.79 Å². The van der Waals surface area contributed by atoms with E-state index < -0.39 is 11.6 Å². The quantitative estimate of drug-likeness (QED) is 0.862. The van der Waals surface area contributed by atoms with Gasteiger partial charge in [-0.3, -0.25) is 4.79 Å². The van der Waals surface area contributed by atoms with Crippen molar-refractivity contribution in [3.63, 3.8) is 0 Å². The molecule has 2 rings (SSSR count). The highest BCUT2D eigenvalue weighted by Gasteiger charge is 2.25. The molecule has 1 aromatic carbocycles. The SMILES string of the molecule is CC(CC(=O)N(C)C(C)c1ccc(F)c(F)c1)C1CCNCC1.Cl. The number of carbonyl (C=O) groups excluding carboxylic acids is 1. The predicted octanol–water partition coefficient (Wildman–Crippen LogP) is 3.93. The molecule has 1 saturated heterocycles. The van der Waals surface area contributed by atoms with Crippen molar-refractivity contribution in [3.8, 4) is 0 Å². The molecule has 0 saturated carbocycles. The standard InChI is InChI=1S/C18H26F2N2O.ClH/c1-12(14-6-8-21-9-7-14)10-18(23)22(3)13(2)15-4-5-16(19)17(20)11-15;/h4-5,11-14,21H,6-10H2,1-3H3;1H. The van der Waals surface area contributed by atoms with Crippen molar-refractivity contribution >= 4 is 18.3 Å². The number of nitrogens with one attached hydrogen (secondary N) is 1. The molecule has 3 nitrogen and oxygen atoms in total. The van der Waals surface area contributed by atoms with Gasteiger partial charge in [0.1, 0.15) is 0 Å². The van der Waals surface area contributed by atoms with E-state index in [0.29, 0.717) is 23.8 Å². The lowest BCUT2D eigenvalue weighted by atomic mass is 9.84. The first kappa shape index (κ1) is 20.8. The lowest BCUT2D eigenvalue weighted by Gasteiger charge is -2.31. The Kier molecular flexibility index (Phi) is 8.10. The first-order valence-electron chi connectivity index (χ1n) is 8.31. The van der Waals surface area contributed by atoms with E-state index in [-0.39, 0.29) is 24.4 Å². The lowest BCUT2D eigenvalue weighted by Crippen LogP contribution is -2.35. The van der Waals surface area contributed by atoms with Crippen LogP contribution >= 0.6 is 12.4 Å². The van der Waals surface area contributed by atoms with E-state index in [0.717, 1.165) is 32.0 Å². The second-order valence-electron chi connectivity index (χ2n) is 6.62. The summed E-state index contributed by atoms with van der Waals surface area (Å²) in [6, 6.07) is 3.53. The van der Waals surface area contributed by atoms with Gasteiger partial charge in [0, 0.05) is 13.5 Å². The molecule has 2 unspecified atom stereocenters. The van der Waals surface area contributed by atoms with E-state index in [1.54, 1.807) is 11.9 Å². The molecule has 1 heterocycles. The number of amides is 1. The highest BCUT2D eigenvalue weighted by Crippen LogP contribution is 2.27. The number of piperidine rings is 1. The van der Waals surface area contributed by atoms with Crippen LogP contribution in [0.3, 0.4) is 0 Å². The van der Waals surface area contributed by atoms with Gasteiger partial charge in [-0.05, 0) is 62.4 Å². The number of halogens is 3. The second kappa shape index (κ2) is 9.33. The summed E-state index contributed by atoms with van der Waals surface area (Å²) in [5.41, 5.74) is 0.606. The van der Waals surface area contributed by atoms with Crippen molar-refractivity contribution in [3.05, 3.63) is 35.4 Å². The van der Waals surface area contributed by atoms with Crippen molar-refractivity contribution in [2.75, 3.05) is 20.1 Å². The number of hydrogen-bond donors (Lipinski definition) is 1. The van der Waals surface area contributed by atoms with Gasteiger partial charge in [-0.15, -0.1) is 12.4 Å². The zero-order valence-electron chi connectivity index (χ0n) is 14.5. The minimum absolute atomic E-state index is 0. The Bertz CT molecular complexity index is 550. The Morgan fingerprint density at radius 1 is 1.25 bits per heavy atom. The van der Waals surface area contributed by atoms with Crippen molar-refractivity contribution < 1.29 is 13.6 Å². The summed E-state index contributed by atoms with van der Waals surface area (Å²) in [5, 5.41) is 3.33. The van der Waals surface area contributed by atoms with Crippen LogP contribution in [0.15, 0.2) is 18.2 Å². The molecule has 0 aliphatic carbocycles. The minimum atomic E-state index is -0.877. The van der Waals surface area contributed by atoms with Gasteiger partial charge >= 0.3 is 0 Å². The van der Waals surface area contributed by atoms with Gasteiger partial charge in [-0.2, -0.15) is 0 Å². The summed E-state index contributed by atoms with van der Waals surface area (Å²) in [7, 11) is 1.73. The summed E-state index contributed by atoms with van der Waals surface area (Å²) in [6.07, 6.45) is 2.71. The van der Waals surface area contributed by atoms with E-state index in [1.807, 2.05) is 6.92 Å². The molecule has 0 radical (unpaired) electrons. The van der Waals surface area contributed by atoms with Crippen LogP contribution in [0.1, 0.15) is 44.7 Å². The summed E-state index contributed by atoms with van der Waals surface area (Å²) >= 11 is 0. The van der Waals surface area contributed by atoms with Crippen molar-refractivity contribution in [2.24, 2.45) is 11.8 Å². The summed E-state index contributed by atoms with van der Waals surface area (Å²) in [5.74, 6) is -0.780. The molecule has 0 bridgehead atoms. The Morgan fingerprint density at radius 2 is 1.88 bits per heavy atom. The average molecular weight is 361 g/mol. The maximum Gasteiger partial charge on any atom is 0.223 e. The van der Waals surface area contributed by atoms with Gasteiger partial charge in [-0.1, -0.05) is 13.0 Å². The van der Waals surface area contributed by atoms with Gasteiger partial charge in [-0.25, -0.2) is 8.78 Å². The van der Waals surface area contributed by atoms with Crippen LogP contribution in [0.5, 0.6) is 0 Å². The number of rotatable bonds is 5. The highest BCUT2D eigenvalue weighted by molar-refractivity contribution is 5.85. The number of carbonyl (C=O) groups is 1. The first-order chi connectivity index (χ1) is 10.9. The molecule has 136 valence electrons. The highest BCUT2D eigenvalue weighted by atomic mass is 35.5. The fraction of sp³-hybridized carbons (Fsp3) is 0.611. The van der Waals surface area contributed by atoms with E-state index in [4.69, 9.17) is 0 Å². The van der Waals surface area contributed by atoms with Gasteiger partial charge in [0.25, 0.3) is 0 Å². The summed E-state index contributed by atoms with van der Waals surface area (Å²) in [4.78, 5) is 14.1. The van der Waals surface area contributed by atoms with Crippen LogP contribution in [0, 0.1) is 23.5 Å². The van der Waals surface area contributed by atoms with Gasteiger partial charge in [0.2, 0.25) is 5.91 Å². The van der Waals surface area contributed by atoms with E-state index in [1.165, 1.54) is 12.1 Å². The maximum absolute atomic E-state index is 13.4. The molecule has 24 heavy (non-hydrogen) atoms. The van der Waals surface area contributed by atoms with Crippen LogP contribution < -0.4 is 5.32 Å². The first-order valence-corrected chi connectivity index (χ1v) is 8.31. The molecule has 1 N–H and O–H groups in total. The maximum atomic E-state index is 13.4. The number of benzene rings is 1. The minimum Gasteiger partial charge on any atom is -0.339 e. The topological polar surface area (TPSA) is 32.3 Å². The smallest absolute Gasteiger partial charge is 0.223 e. The normalized spacial score (nSPS) is 17.7. The molecule has 1 aliphatic heterocycles. The van der Waals surface area contributed by atoms with Crippen LogP contribution in [0.2, 0.25) is 0 Å². The monoisotopic (exact) mass is 360 g/mol. The van der Waals surface area contributed by atoms with Crippen molar-refractivity contribution in [1.29, 1.82) is 0 Å². The third kappa shape index (κ3) is 5.15. The van der Waals surface area contributed by atoms with E-state index in [2.05, 4.69) is 12.2 Å². The number of nitrogens with zero attached hydrogens (tertiary/aromatic N) is 1. The largest absolute Gasteiger partial charge is 0.339 e. The third-order valence-electron chi connectivity index (χ3n) is 5.09. The fourth-order valence-electron chi connectivity index (χ4n) is 3.21. The molecular weight excluding hydrogens is 334 g/mol. The van der Waals surface area contributed by atoms with Crippen molar-refractivity contribution in [1.82, 2.24) is 10.2 Å². The Morgan fingerprint density at radius 3 is 2.46 bits per heavy atom. The number of hydrogen-bond acceptors (Lipinski definition) is 2. The van der Waals surface area contributed by atoms with E-state index in [9.17, 15) is 13.6 Å². The molecule has 1 aromatic rings. The molecule has 1 aliphatic rings. The lowest BCUT2D eigenvalue weighted by molar-refractivity contribution is -0.133. The van der Waals surface area contributed by atoms with Crippen molar-refractivity contribution in [2.45, 2.75) is 39.2 Å². The molecule has 0 spiro atoms. The molecule has 1 fully saturated rings. The van der Waals surface area contributed by atoms with Gasteiger partial charge in [0.05, 0.1) is 6.04 Å². The zero-order chi connectivity index (χ0) is 17.0. The van der Waals surface area contributed by atoms with Crippen LogP contribution in [0.4, 0.5) is 8.78 Å². The van der Waals surface area contributed by atoms with Crippen LogP contribution in [-0.4, -0.2) is 30.9 Å². The predicted molar refractivity (Wildman–Crippen MR) is 94.2 cm³/mol. The molecule has 0 aromatic heterocycles. The molecule has 2 atom stereocenters. The van der Waals surface area contributed by atoms with Gasteiger partial charge in [0.15, 0.2) is 11.6 Å². The summed E-state index contributed by atoms with van der Waals surface area (Å²) < 4.78 is 26.4. The molecule has 6 heteroatoms. The fourth-order valence-corrected chi connectivity index (χ4v) is 3.21. The average Bonchev–Trinajstić information content (AvgIpc) is 2.56. The summed E-state index contributed by atoms with van der Waals surface area (Å²) in [6.45, 7) is 6.00. The third-order valence-corrected chi connectivity index (χ3v) is 5.09. The molecular formula is C18H27ClF2N2O. The Labute approximate surface area is 149 Å². The second-order valence-corrected chi connectivity index (χ2v) is 6.62. The van der Waals surface area contributed by atoms with E-state index >= 15 is 0 Å². The van der Waals surface area contributed by atoms with Crippen LogP contribution in [0.25, 0.3) is 0 Å². The molecule has 1 amide bonds.